The van der Waals surface area contributed by atoms with Gasteiger partial charge in [-0.3, -0.25) is 4.79 Å². The molecule has 128 valence electrons. The minimum atomic E-state index is -0.481. The van der Waals surface area contributed by atoms with Crippen LogP contribution in [-0.2, 0) is 4.79 Å². The van der Waals surface area contributed by atoms with Gasteiger partial charge in [0.15, 0.2) is 11.5 Å². The average molecular weight is 513 g/mol. The van der Waals surface area contributed by atoms with Crippen LogP contribution in [0.2, 0.25) is 0 Å². The van der Waals surface area contributed by atoms with E-state index in [0.29, 0.717) is 27.2 Å². The number of methoxy groups -OCH3 is 2. The third-order valence-electron chi connectivity index (χ3n) is 3.27. The molecule has 0 bridgehead atoms. The van der Waals surface area contributed by atoms with E-state index >= 15 is 0 Å². The number of nitriles is 1. The highest BCUT2D eigenvalue weighted by molar-refractivity contribution is 14.1. The molecule has 0 unspecified atom stereocenters. The first kappa shape index (κ1) is 19.3. The summed E-state index contributed by atoms with van der Waals surface area (Å²) in [6.45, 7) is 0. The van der Waals surface area contributed by atoms with Gasteiger partial charge < -0.3 is 14.8 Å². The Labute approximate surface area is 167 Å². The van der Waals surface area contributed by atoms with Gasteiger partial charge in [-0.15, -0.1) is 0 Å². The molecular formula is C18H14BrIN2O3. The Morgan fingerprint density at radius 1 is 1.20 bits per heavy atom. The Hall–Kier alpha value is -2.05. The summed E-state index contributed by atoms with van der Waals surface area (Å²) in [6.07, 6.45) is 1.49. The molecule has 0 heterocycles. The highest BCUT2D eigenvalue weighted by Gasteiger charge is 2.13. The molecule has 0 aliphatic heterocycles. The van der Waals surface area contributed by atoms with Gasteiger partial charge in [0.05, 0.1) is 14.2 Å². The number of nitrogens with zero attached hydrogens (tertiary/aromatic N) is 1. The summed E-state index contributed by atoms with van der Waals surface area (Å²) in [5.41, 5.74) is 1.23. The number of carbonyl (C=O) groups excluding carboxylic acids is 1. The molecule has 0 spiro atoms. The van der Waals surface area contributed by atoms with Gasteiger partial charge in [0.25, 0.3) is 5.91 Å². The maximum absolute atomic E-state index is 12.3. The summed E-state index contributed by atoms with van der Waals surface area (Å²) in [4.78, 5) is 12.3. The van der Waals surface area contributed by atoms with Gasteiger partial charge in [0, 0.05) is 13.7 Å². The summed E-state index contributed by atoms with van der Waals surface area (Å²) < 4.78 is 12.2. The van der Waals surface area contributed by atoms with Crippen LogP contribution in [0, 0.1) is 14.9 Å². The molecule has 0 saturated heterocycles. The highest BCUT2D eigenvalue weighted by atomic mass is 127. The first-order chi connectivity index (χ1) is 12.0. The van der Waals surface area contributed by atoms with E-state index in [9.17, 15) is 10.1 Å². The van der Waals surface area contributed by atoms with Crippen LogP contribution in [0.15, 0.2) is 46.4 Å². The first-order valence-electron chi connectivity index (χ1n) is 7.08. The van der Waals surface area contributed by atoms with E-state index in [0.717, 1.165) is 3.57 Å². The molecule has 0 aliphatic rings. The van der Waals surface area contributed by atoms with Crippen molar-refractivity contribution in [3.63, 3.8) is 0 Å². The Balaban J connectivity index is 2.32. The van der Waals surface area contributed by atoms with Crippen LogP contribution >= 0.6 is 38.5 Å². The lowest BCUT2D eigenvalue weighted by molar-refractivity contribution is -0.112. The third-order valence-corrected chi connectivity index (χ3v) is 4.68. The molecule has 25 heavy (non-hydrogen) atoms. The van der Waals surface area contributed by atoms with E-state index in [1.165, 1.54) is 20.3 Å². The molecule has 2 aromatic carbocycles. The first-order valence-corrected chi connectivity index (χ1v) is 8.96. The van der Waals surface area contributed by atoms with Crippen molar-refractivity contribution in [2.45, 2.75) is 0 Å². The monoisotopic (exact) mass is 512 g/mol. The van der Waals surface area contributed by atoms with E-state index in [4.69, 9.17) is 9.47 Å². The van der Waals surface area contributed by atoms with Gasteiger partial charge >= 0.3 is 0 Å². The van der Waals surface area contributed by atoms with Crippen LogP contribution in [0.3, 0.4) is 0 Å². The number of rotatable bonds is 5. The topological polar surface area (TPSA) is 71.3 Å². The van der Waals surface area contributed by atoms with Crippen molar-refractivity contribution < 1.29 is 14.3 Å². The van der Waals surface area contributed by atoms with Crippen molar-refractivity contribution in [3.05, 3.63) is 55.6 Å². The van der Waals surface area contributed by atoms with Crippen LogP contribution in [0.4, 0.5) is 5.69 Å². The van der Waals surface area contributed by atoms with Gasteiger partial charge in [-0.05, 0) is 70.6 Å². The maximum Gasteiger partial charge on any atom is 0.266 e. The molecule has 2 aromatic rings. The third kappa shape index (κ3) is 4.96. The van der Waals surface area contributed by atoms with Crippen molar-refractivity contribution in [3.8, 4) is 17.6 Å². The number of carbonyl (C=O) groups is 1. The second kappa shape index (κ2) is 8.87. The molecule has 0 saturated carbocycles. The summed E-state index contributed by atoms with van der Waals surface area (Å²) >= 11 is 5.59. The minimum Gasteiger partial charge on any atom is -0.493 e. The van der Waals surface area contributed by atoms with Crippen LogP contribution in [-0.4, -0.2) is 20.1 Å². The molecule has 0 radical (unpaired) electrons. The van der Waals surface area contributed by atoms with Crippen molar-refractivity contribution in [1.29, 1.82) is 5.26 Å². The molecule has 1 amide bonds. The molecule has 0 atom stereocenters. The molecular weight excluding hydrogens is 499 g/mol. The number of amides is 1. The molecule has 0 fully saturated rings. The Kier molecular flexibility index (Phi) is 6.84. The number of ether oxygens (including phenoxy) is 2. The van der Waals surface area contributed by atoms with Crippen molar-refractivity contribution in [2.24, 2.45) is 0 Å². The predicted molar refractivity (Wildman–Crippen MR) is 109 cm³/mol. The lowest BCUT2D eigenvalue weighted by Crippen LogP contribution is -2.13. The SMILES string of the molecule is COc1cc(Br)c(/C=C(\C#N)C(=O)Nc2ccc(I)cc2)cc1OC. The fourth-order valence-electron chi connectivity index (χ4n) is 2.02. The number of anilines is 1. The average Bonchev–Trinajstić information content (AvgIpc) is 2.62. The van der Waals surface area contributed by atoms with Crippen molar-refractivity contribution >= 4 is 56.2 Å². The molecule has 0 aliphatic carbocycles. The number of halogens is 2. The summed E-state index contributed by atoms with van der Waals surface area (Å²) in [7, 11) is 3.06. The van der Waals surface area contributed by atoms with Gasteiger partial charge in [-0.25, -0.2) is 0 Å². The second-order valence-corrected chi connectivity index (χ2v) is 6.96. The van der Waals surface area contributed by atoms with Gasteiger partial charge in [-0.2, -0.15) is 5.26 Å². The maximum atomic E-state index is 12.3. The fourth-order valence-corrected chi connectivity index (χ4v) is 2.81. The van der Waals surface area contributed by atoms with E-state index in [1.54, 1.807) is 24.3 Å². The van der Waals surface area contributed by atoms with Crippen molar-refractivity contribution in [2.75, 3.05) is 19.5 Å². The minimum absolute atomic E-state index is 0.0218. The van der Waals surface area contributed by atoms with Crippen LogP contribution in [0.5, 0.6) is 11.5 Å². The largest absolute Gasteiger partial charge is 0.493 e. The van der Waals surface area contributed by atoms with Crippen LogP contribution in [0.1, 0.15) is 5.56 Å². The summed E-state index contributed by atoms with van der Waals surface area (Å²) in [5, 5.41) is 12.1. The van der Waals surface area contributed by atoms with Crippen LogP contribution < -0.4 is 14.8 Å². The van der Waals surface area contributed by atoms with Crippen LogP contribution in [0.25, 0.3) is 6.08 Å². The lowest BCUT2D eigenvalue weighted by atomic mass is 10.1. The van der Waals surface area contributed by atoms with E-state index < -0.39 is 5.91 Å². The number of hydrogen-bond acceptors (Lipinski definition) is 4. The number of benzene rings is 2. The number of hydrogen-bond donors (Lipinski definition) is 1. The van der Waals surface area contributed by atoms with E-state index in [-0.39, 0.29) is 5.57 Å². The molecule has 1 N–H and O–H groups in total. The Bertz CT molecular complexity index is 858. The van der Waals surface area contributed by atoms with Crippen molar-refractivity contribution in [1.82, 2.24) is 0 Å². The Morgan fingerprint density at radius 3 is 2.36 bits per heavy atom. The van der Waals surface area contributed by atoms with Gasteiger partial charge in [0.2, 0.25) is 0 Å². The standard InChI is InChI=1S/C18H14BrIN2O3/c1-24-16-8-11(15(19)9-17(16)25-2)7-12(10-21)18(23)22-14-5-3-13(20)4-6-14/h3-9H,1-2H3,(H,22,23)/b12-7+. The molecule has 2 rings (SSSR count). The summed E-state index contributed by atoms with van der Waals surface area (Å²) in [6, 6.07) is 12.6. The Morgan fingerprint density at radius 2 is 1.80 bits per heavy atom. The zero-order valence-electron chi connectivity index (χ0n) is 13.5. The predicted octanol–water partition coefficient (Wildman–Crippen LogP) is 4.62. The lowest BCUT2D eigenvalue weighted by Gasteiger charge is -2.10. The zero-order chi connectivity index (χ0) is 18.4. The van der Waals surface area contributed by atoms with Gasteiger partial charge in [0.1, 0.15) is 11.6 Å². The van der Waals surface area contributed by atoms with E-state index in [2.05, 4.69) is 43.8 Å². The van der Waals surface area contributed by atoms with Gasteiger partial charge in [-0.1, -0.05) is 15.9 Å². The number of nitrogens with one attached hydrogen (secondary N) is 1. The quantitative estimate of drug-likeness (QED) is 0.360. The normalized spacial score (nSPS) is 10.8. The smallest absolute Gasteiger partial charge is 0.266 e. The zero-order valence-corrected chi connectivity index (χ0v) is 17.2. The molecule has 0 aromatic heterocycles. The fraction of sp³-hybridized carbons (Fsp3) is 0.111. The highest BCUT2D eigenvalue weighted by Crippen LogP contribution is 2.34. The molecule has 5 nitrogen and oxygen atoms in total. The van der Waals surface area contributed by atoms with E-state index in [1.807, 2.05) is 18.2 Å². The summed E-state index contributed by atoms with van der Waals surface area (Å²) in [5.74, 6) is 0.575. The second-order valence-electron chi connectivity index (χ2n) is 4.86. The molecule has 7 heteroatoms.